The molecule has 8 nitrogen and oxygen atoms in total. The number of rotatable bonds is 8. The molecule has 1 atom stereocenters. The molecule has 0 bridgehead atoms. The van der Waals surface area contributed by atoms with E-state index in [1.165, 1.54) is 0 Å². The van der Waals surface area contributed by atoms with Crippen LogP contribution in [0.5, 0.6) is 0 Å². The van der Waals surface area contributed by atoms with Gasteiger partial charge in [0.15, 0.2) is 0 Å². The fourth-order valence-electron chi connectivity index (χ4n) is 3.91. The summed E-state index contributed by atoms with van der Waals surface area (Å²) in [6.07, 6.45) is -1.37. The van der Waals surface area contributed by atoms with Crippen LogP contribution in [0.15, 0.2) is 48.5 Å². The van der Waals surface area contributed by atoms with Crippen LogP contribution in [0, 0.1) is 0 Å². The number of ether oxygens (including phenoxy) is 2. The van der Waals surface area contributed by atoms with Gasteiger partial charge in [0, 0.05) is 18.5 Å². The Balaban J connectivity index is 1.55. The van der Waals surface area contributed by atoms with Gasteiger partial charge in [-0.25, -0.2) is 9.59 Å². The minimum absolute atomic E-state index is 0.0880. The molecule has 0 unspecified atom stereocenters. The Hall–Kier alpha value is -3.55. The number of carboxylic acid groups (broad SMARTS) is 1. The van der Waals surface area contributed by atoms with E-state index in [1.54, 1.807) is 20.8 Å². The van der Waals surface area contributed by atoms with E-state index in [1.807, 2.05) is 36.4 Å². The fourth-order valence-corrected chi connectivity index (χ4v) is 3.91. The van der Waals surface area contributed by atoms with Crippen molar-refractivity contribution in [1.29, 1.82) is 0 Å². The Morgan fingerprint density at radius 1 is 0.970 bits per heavy atom. The monoisotopic (exact) mass is 454 g/mol. The van der Waals surface area contributed by atoms with E-state index in [9.17, 15) is 19.5 Å². The molecule has 0 fully saturated rings. The van der Waals surface area contributed by atoms with Crippen molar-refractivity contribution in [3.8, 4) is 11.1 Å². The second-order valence-corrected chi connectivity index (χ2v) is 8.98. The van der Waals surface area contributed by atoms with Gasteiger partial charge in [0.05, 0.1) is 6.42 Å². The Bertz CT molecular complexity index is 968. The lowest BCUT2D eigenvalue weighted by atomic mass is 9.98. The summed E-state index contributed by atoms with van der Waals surface area (Å²) in [6.45, 7) is 5.53. The zero-order chi connectivity index (χ0) is 24.0. The van der Waals surface area contributed by atoms with Gasteiger partial charge in [0.25, 0.3) is 0 Å². The average Bonchev–Trinajstić information content (AvgIpc) is 3.04. The van der Waals surface area contributed by atoms with Crippen molar-refractivity contribution in [2.75, 3.05) is 13.2 Å². The zero-order valence-corrected chi connectivity index (χ0v) is 19.1. The molecule has 2 amide bonds. The molecule has 8 heteroatoms. The molecule has 0 aliphatic heterocycles. The van der Waals surface area contributed by atoms with Crippen LogP contribution in [-0.2, 0) is 14.3 Å². The number of amides is 2. The number of alkyl carbamates (subject to hydrolysis) is 2. The smallest absolute Gasteiger partial charge is 0.407 e. The second kappa shape index (κ2) is 10.4. The summed E-state index contributed by atoms with van der Waals surface area (Å²) >= 11 is 0. The number of nitrogens with one attached hydrogen (secondary N) is 2. The number of benzene rings is 2. The van der Waals surface area contributed by atoms with Crippen LogP contribution in [0.3, 0.4) is 0 Å². The van der Waals surface area contributed by atoms with Crippen LogP contribution in [0.25, 0.3) is 11.1 Å². The first-order valence-corrected chi connectivity index (χ1v) is 10.9. The Morgan fingerprint density at radius 3 is 2.09 bits per heavy atom. The number of aliphatic carboxylic acids is 1. The Labute approximate surface area is 193 Å². The Kier molecular flexibility index (Phi) is 7.58. The fraction of sp³-hybridized carbons (Fsp3) is 0.400. The molecule has 0 saturated heterocycles. The predicted octanol–water partition coefficient (Wildman–Crippen LogP) is 4.28. The summed E-state index contributed by atoms with van der Waals surface area (Å²) in [5.74, 6) is -1.15. The van der Waals surface area contributed by atoms with Crippen LogP contribution in [-0.4, -0.2) is 48.1 Å². The summed E-state index contributed by atoms with van der Waals surface area (Å²) in [5.41, 5.74) is 3.80. The summed E-state index contributed by atoms with van der Waals surface area (Å²) < 4.78 is 10.6. The number of carbonyl (C=O) groups excluding carboxylic acids is 2. The van der Waals surface area contributed by atoms with E-state index in [0.717, 1.165) is 22.3 Å². The Morgan fingerprint density at radius 2 is 1.55 bits per heavy atom. The lowest BCUT2D eigenvalue weighted by Crippen LogP contribution is -2.40. The highest BCUT2D eigenvalue weighted by Gasteiger charge is 2.29. The van der Waals surface area contributed by atoms with Crippen LogP contribution in [0.4, 0.5) is 9.59 Å². The number of fused-ring (bicyclic) bond motifs is 3. The van der Waals surface area contributed by atoms with E-state index in [4.69, 9.17) is 9.47 Å². The van der Waals surface area contributed by atoms with Crippen LogP contribution in [0.1, 0.15) is 50.7 Å². The topological polar surface area (TPSA) is 114 Å². The molecule has 176 valence electrons. The standard InChI is InChI=1S/C25H30N2O6/c1-25(2,3)33-23(30)26-13-12-16(14-22(28)29)27-24(31)32-15-21-19-10-6-4-8-17(19)18-9-5-7-11-20(18)21/h4-11,16,21H,12-15H2,1-3H3,(H,26,30)(H,27,31)(H,28,29)/t16-/m0/s1. The van der Waals surface area contributed by atoms with E-state index in [-0.39, 0.29) is 31.9 Å². The highest BCUT2D eigenvalue weighted by Crippen LogP contribution is 2.44. The number of carbonyl (C=O) groups is 3. The van der Waals surface area contributed by atoms with E-state index in [0.29, 0.717) is 0 Å². The molecular formula is C25H30N2O6. The number of hydrogen-bond donors (Lipinski definition) is 3. The minimum atomic E-state index is -1.06. The van der Waals surface area contributed by atoms with Crippen molar-refractivity contribution >= 4 is 18.2 Å². The van der Waals surface area contributed by atoms with Gasteiger partial charge >= 0.3 is 18.2 Å². The maximum Gasteiger partial charge on any atom is 0.407 e. The number of hydrogen-bond acceptors (Lipinski definition) is 5. The van der Waals surface area contributed by atoms with Crippen molar-refractivity contribution in [3.63, 3.8) is 0 Å². The van der Waals surface area contributed by atoms with Gasteiger partial charge in [-0.15, -0.1) is 0 Å². The molecule has 0 saturated carbocycles. The molecule has 1 aliphatic carbocycles. The van der Waals surface area contributed by atoms with Gasteiger partial charge in [0.2, 0.25) is 0 Å². The third-order valence-electron chi connectivity index (χ3n) is 5.25. The molecule has 33 heavy (non-hydrogen) atoms. The second-order valence-electron chi connectivity index (χ2n) is 8.98. The molecule has 1 aliphatic rings. The predicted molar refractivity (Wildman–Crippen MR) is 123 cm³/mol. The van der Waals surface area contributed by atoms with E-state index >= 15 is 0 Å². The first kappa shape index (κ1) is 24.1. The summed E-state index contributed by atoms with van der Waals surface area (Å²) in [7, 11) is 0. The first-order valence-electron chi connectivity index (χ1n) is 10.9. The van der Waals surface area contributed by atoms with Crippen LogP contribution >= 0.6 is 0 Å². The molecule has 0 aromatic heterocycles. The lowest BCUT2D eigenvalue weighted by Gasteiger charge is -2.21. The third kappa shape index (κ3) is 6.71. The van der Waals surface area contributed by atoms with Gasteiger partial charge in [-0.05, 0) is 49.4 Å². The largest absolute Gasteiger partial charge is 0.481 e. The minimum Gasteiger partial charge on any atom is -0.481 e. The third-order valence-corrected chi connectivity index (χ3v) is 5.25. The molecule has 2 aromatic carbocycles. The van der Waals surface area contributed by atoms with E-state index < -0.39 is 29.8 Å². The van der Waals surface area contributed by atoms with E-state index in [2.05, 4.69) is 22.8 Å². The van der Waals surface area contributed by atoms with Gasteiger partial charge in [-0.2, -0.15) is 0 Å². The average molecular weight is 455 g/mol. The maximum atomic E-state index is 12.5. The normalized spacial score (nSPS) is 13.4. The van der Waals surface area contributed by atoms with Gasteiger partial charge < -0.3 is 25.2 Å². The van der Waals surface area contributed by atoms with Crippen molar-refractivity contribution in [2.45, 2.75) is 51.2 Å². The van der Waals surface area contributed by atoms with Crippen LogP contribution in [0.2, 0.25) is 0 Å². The number of carboxylic acids is 1. The first-order chi connectivity index (χ1) is 15.6. The van der Waals surface area contributed by atoms with Crippen molar-refractivity contribution in [2.24, 2.45) is 0 Å². The highest BCUT2D eigenvalue weighted by molar-refractivity contribution is 5.79. The maximum absolute atomic E-state index is 12.5. The van der Waals surface area contributed by atoms with Crippen molar-refractivity contribution in [3.05, 3.63) is 59.7 Å². The lowest BCUT2D eigenvalue weighted by molar-refractivity contribution is -0.137. The zero-order valence-electron chi connectivity index (χ0n) is 19.1. The van der Waals surface area contributed by atoms with Crippen molar-refractivity contribution in [1.82, 2.24) is 10.6 Å². The molecule has 0 spiro atoms. The molecule has 3 N–H and O–H groups in total. The SMILES string of the molecule is CC(C)(C)OC(=O)NCC[C@@H](CC(=O)O)NC(=O)OCC1c2ccccc2-c2ccccc21. The van der Waals surface area contributed by atoms with Gasteiger partial charge in [0.1, 0.15) is 12.2 Å². The van der Waals surface area contributed by atoms with Crippen LogP contribution < -0.4 is 10.6 Å². The molecule has 0 radical (unpaired) electrons. The van der Waals surface area contributed by atoms with Gasteiger partial charge in [-0.3, -0.25) is 4.79 Å². The highest BCUT2D eigenvalue weighted by atomic mass is 16.6. The van der Waals surface area contributed by atoms with Gasteiger partial charge in [-0.1, -0.05) is 48.5 Å². The summed E-state index contributed by atoms with van der Waals surface area (Å²) in [6, 6.07) is 15.3. The molecular weight excluding hydrogens is 424 g/mol. The molecule has 0 heterocycles. The molecule has 3 rings (SSSR count). The summed E-state index contributed by atoms with van der Waals surface area (Å²) in [4.78, 5) is 35.4. The summed E-state index contributed by atoms with van der Waals surface area (Å²) in [5, 5.41) is 14.4. The quantitative estimate of drug-likeness (QED) is 0.549. The molecule has 2 aromatic rings. The van der Waals surface area contributed by atoms with Crippen molar-refractivity contribution < 1.29 is 29.0 Å².